The minimum Gasteiger partial charge on any atom is -0.435 e. The zero-order chi connectivity index (χ0) is 15.5. The van der Waals surface area contributed by atoms with Crippen LogP contribution in [0.2, 0.25) is 0 Å². The predicted molar refractivity (Wildman–Crippen MR) is 78.0 cm³/mol. The van der Waals surface area contributed by atoms with Crippen molar-refractivity contribution in [3.05, 3.63) is 57.9 Å². The lowest BCUT2D eigenvalue weighted by Gasteiger charge is -2.05. The molecule has 22 heavy (non-hydrogen) atoms. The van der Waals surface area contributed by atoms with E-state index in [0.29, 0.717) is 5.56 Å². The molecule has 0 amide bonds. The maximum absolute atomic E-state index is 12.2. The molecule has 7 heteroatoms. The van der Waals surface area contributed by atoms with Gasteiger partial charge in [-0.05, 0) is 46.7 Å². The van der Waals surface area contributed by atoms with Gasteiger partial charge < -0.3 is 9.47 Å². The minimum atomic E-state index is -2.92. The van der Waals surface area contributed by atoms with Gasteiger partial charge in [0.05, 0.1) is 0 Å². The van der Waals surface area contributed by atoms with Crippen molar-refractivity contribution in [2.24, 2.45) is 4.99 Å². The summed E-state index contributed by atoms with van der Waals surface area (Å²) in [5, 5.41) is 3.74. The number of hydrogen-bond donors (Lipinski definition) is 0. The molecule has 1 aliphatic heterocycles. The lowest BCUT2D eigenvalue weighted by Crippen LogP contribution is -2.07. The van der Waals surface area contributed by atoms with Gasteiger partial charge in [0.25, 0.3) is 0 Å². The van der Waals surface area contributed by atoms with E-state index in [4.69, 9.17) is 4.74 Å². The number of thiophene rings is 1. The van der Waals surface area contributed by atoms with E-state index in [1.807, 2.05) is 16.8 Å². The monoisotopic (exact) mass is 321 g/mol. The molecule has 4 nitrogen and oxygen atoms in total. The Bertz CT molecular complexity index is 754. The first kappa shape index (κ1) is 14.4. The summed E-state index contributed by atoms with van der Waals surface area (Å²) in [4.78, 5) is 15.9. The third-order valence-electron chi connectivity index (χ3n) is 2.77. The van der Waals surface area contributed by atoms with Crippen LogP contribution in [0.25, 0.3) is 6.08 Å². The maximum atomic E-state index is 12.2. The minimum absolute atomic E-state index is 0.0264. The number of rotatable bonds is 4. The summed E-state index contributed by atoms with van der Waals surface area (Å²) < 4.78 is 33.8. The van der Waals surface area contributed by atoms with Crippen LogP contribution in [-0.4, -0.2) is 18.5 Å². The highest BCUT2D eigenvalue weighted by Crippen LogP contribution is 2.23. The second-order valence-electron chi connectivity index (χ2n) is 4.30. The lowest BCUT2D eigenvalue weighted by atomic mass is 10.2. The highest BCUT2D eigenvalue weighted by atomic mass is 32.1. The molecular formula is C15H9F2NO3S. The van der Waals surface area contributed by atoms with E-state index >= 15 is 0 Å². The topological polar surface area (TPSA) is 47.9 Å². The summed E-state index contributed by atoms with van der Waals surface area (Å²) in [7, 11) is 0. The average Bonchev–Trinajstić information content (AvgIpc) is 3.10. The van der Waals surface area contributed by atoms with E-state index < -0.39 is 12.6 Å². The van der Waals surface area contributed by atoms with Crippen molar-refractivity contribution in [2.45, 2.75) is 6.61 Å². The van der Waals surface area contributed by atoms with Crippen LogP contribution in [0.1, 0.15) is 11.1 Å². The van der Waals surface area contributed by atoms with Crippen molar-refractivity contribution in [3.63, 3.8) is 0 Å². The summed E-state index contributed by atoms with van der Waals surface area (Å²) >= 11 is 1.50. The Labute approximate surface area is 128 Å². The van der Waals surface area contributed by atoms with Gasteiger partial charge >= 0.3 is 12.6 Å². The Kier molecular flexibility index (Phi) is 3.97. The van der Waals surface area contributed by atoms with Gasteiger partial charge in [-0.25, -0.2) is 9.79 Å². The highest BCUT2D eigenvalue weighted by molar-refractivity contribution is 7.08. The summed E-state index contributed by atoms with van der Waals surface area (Å²) in [6.07, 6.45) is 1.60. The zero-order valence-electron chi connectivity index (χ0n) is 11.0. The zero-order valence-corrected chi connectivity index (χ0v) is 11.8. The van der Waals surface area contributed by atoms with E-state index in [-0.39, 0.29) is 17.3 Å². The highest BCUT2D eigenvalue weighted by Gasteiger charge is 2.24. The smallest absolute Gasteiger partial charge is 0.387 e. The van der Waals surface area contributed by atoms with Crippen molar-refractivity contribution in [3.8, 4) is 5.75 Å². The van der Waals surface area contributed by atoms with E-state index in [2.05, 4.69) is 9.73 Å². The number of hydrogen-bond acceptors (Lipinski definition) is 5. The molecule has 0 saturated heterocycles. The van der Waals surface area contributed by atoms with Crippen LogP contribution in [0.4, 0.5) is 8.78 Å². The quantitative estimate of drug-likeness (QED) is 0.637. The molecule has 0 unspecified atom stereocenters. The first-order chi connectivity index (χ1) is 10.6. The molecule has 0 N–H and O–H groups in total. The van der Waals surface area contributed by atoms with Crippen molar-refractivity contribution >= 4 is 29.3 Å². The maximum Gasteiger partial charge on any atom is 0.387 e. The number of benzene rings is 1. The van der Waals surface area contributed by atoms with Crippen LogP contribution in [-0.2, 0) is 9.53 Å². The third kappa shape index (κ3) is 3.20. The Morgan fingerprint density at radius 2 is 2.18 bits per heavy atom. The fraction of sp³-hybridized carbons (Fsp3) is 0.0667. The molecule has 2 heterocycles. The average molecular weight is 321 g/mol. The van der Waals surface area contributed by atoms with E-state index in [0.717, 1.165) is 5.56 Å². The van der Waals surface area contributed by atoms with Crippen LogP contribution < -0.4 is 4.74 Å². The number of cyclic esters (lactones) is 1. The molecule has 0 radical (unpaired) electrons. The number of halogens is 2. The third-order valence-corrected chi connectivity index (χ3v) is 3.47. The largest absolute Gasteiger partial charge is 0.435 e. The summed E-state index contributed by atoms with van der Waals surface area (Å²) in [6.45, 7) is -2.92. The van der Waals surface area contributed by atoms with Crippen molar-refractivity contribution in [1.29, 1.82) is 0 Å². The molecule has 0 saturated carbocycles. The number of aliphatic imine (C=N–C) groups is 1. The van der Waals surface area contributed by atoms with E-state index in [1.54, 1.807) is 12.1 Å². The molecular weight excluding hydrogens is 312 g/mol. The van der Waals surface area contributed by atoms with Gasteiger partial charge in [-0.15, -0.1) is 0 Å². The molecule has 1 aliphatic rings. The van der Waals surface area contributed by atoms with Crippen LogP contribution in [0, 0.1) is 0 Å². The van der Waals surface area contributed by atoms with Gasteiger partial charge in [0.1, 0.15) is 5.75 Å². The number of alkyl halides is 2. The van der Waals surface area contributed by atoms with Gasteiger partial charge in [0.15, 0.2) is 5.70 Å². The van der Waals surface area contributed by atoms with Crippen LogP contribution in [0.3, 0.4) is 0 Å². The molecule has 0 fully saturated rings. The Morgan fingerprint density at radius 3 is 2.91 bits per heavy atom. The first-order valence-electron chi connectivity index (χ1n) is 6.22. The standard InChI is InChI=1S/C15H9F2NO3S/c16-15(17)20-11-3-1-2-10(7-11)13-18-12(14(19)21-13)6-9-4-5-22-8-9/h1-8,15H/b12-6+. The number of nitrogens with zero attached hydrogens (tertiary/aromatic N) is 1. The normalized spacial score (nSPS) is 16.0. The van der Waals surface area contributed by atoms with E-state index in [1.165, 1.54) is 29.5 Å². The summed E-state index contributed by atoms with van der Waals surface area (Å²) in [5.74, 6) is -0.547. The summed E-state index contributed by atoms with van der Waals surface area (Å²) in [5.41, 5.74) is 1.39. The first-order valence-corrected chi connectivity index (χ1v) is 7.16. The molecule has 112 valence electrons. The van der Waals surface area contributed by atoms with Crippen molar-refractivity contribution in [1.82, 2.24) is 0 Å². The molecule has 1 aromatic carbocycles. The van der Waals surface area contributed by atoms with Gasteiger partial charge in [0, 0.05) is 5.56 Å². The van der Waals surface area contributed by atoms with E-state index in [9.17, 15) is 13.6 Å². The molecule has 0 atom stereocenters. The number of ether oxygens (including phenoxy) is 2. The van der Waals surface area contributed by atoms with Crippen molar-refractivity contribution in [2.75, 3.05) is 0 Å². The fourth-order valence-corrected chi connectivity index (χ4v) is 2.47. The number of carbonyl (C=O) groups is 1. The van der Waals surface area contributed by atoms with Crippen LogP contribution in [0.15, 0.2) is 51.8 Å². The number of carbonyl (C=O) groups excluding carboxylic acids is 1. The molecule has 3 rings (SSSR count). The van der Waals surface area contributed by atoms with Crippen LogP contribution >= 0.6 is 11.3 Å². The molecule has 0 spiro atoms. The summed E-state index contributed by atoms with van der Waals surface area (Å²) in [6, 6.07) is 7.68. The van der Waals surface area contributed by atoms with Crippen molar-refractivity contribution < 1.29 is 23.0 Å². The lowest BCUT2D eigenvalue weighted by molar-refractivity contribution is -0.129. The Hall–Kier alpha value is -2.54. The van der Waals surface area contributed by atoms with Gasteiger partial charge in [-0.2, -0.15) is 20.1 Å². The molecule has 0 bridgehead atoms. The number of esters is 1. The Balaban J connectivity index is 1.88. The SMILES string of the molecule is O=C1OC(c2cccc(OC(F)F)c2)=N/C1=C/c1ccsc1. The predicted octanol–water partition coefficient (Wildman–Crippen LogP) is 3.69. The van der Waals surface area contributed by atoms with Gasteiger partial charge in [-0.3, -0.25) is 0 Å². The van der Waals surface area contributed by atoms with Crippen LogP contribution in [0.5, 0.6) is 5.75 Å². The fourth-order valence-electron chi connectivity index (χ4n) is 1.85. The molecule has 2 aromatic rings. The van der Waals surface area contributed by atoms with Gasteiger partial charge in [0.2, 0.25) is 5.90 Å². The second-order valence-corrected chi connectivity index (χ2v) is 5.08. The molecule has 1 aromatic heterocycles. The Morgan fingerprint density at radius 1 is 1.32 bits per heavy atom. The van der Waals surface area contributed by atoms with Gasteiger partial charge in [-0.1, -0.05) is 6.07 Å². The molecule has 0 aliphatic carbocycles. The second kappa shape index (κ2) is 6.07.